The van der Waals surface area contributed by atoms with Gasteiger partial charge in [-0.05, 0) is 0 Å². The molecule has 34 heavy (non-hydrogen) atoms. The molecule has 0 saturated carbocycles. The molecule has 3 rings (SSSR count). The van der Waals surface area contributed by atoms with Crippen LogP contribution in [0.1, 0.15) is 57.8 Å². The summed E-state index contributed by atoms with van der Waals surface area (Å²) in [6.07, 6.45) is 17.9. The summed E-state index contributed by atoms with van der Waals surface area (Å²) in [5, 5.41) is 2.49. The van der Waals surface area contributed by atoms with Crippen LogP contribution in [0.25, 0.3) is 0 Å². The summed E-state index contributed by atoms with van der Waals surface area (Å²) in [5.74, 6) is 0. The van der Waals surface area contributed by atoms with Crippen LogP contribution in [0.15, 0.2) is 103 Å². The molecule has 0 N–H and O–H groups in total. The monoisotopic (exact) mass is 600 g/mol. The van der Waals surface area contributed by atoms with Gasteiger partial charge in [0.1, 0.15) is 0 Å². The molecule has 3 aromatic carbocycles. The molecule has 0 aliphatic rings. The van der Waals surface area contributed by atoms with Crippen LogP contribution in [0.5, 0.6) is 0 Å². The van der Waals surface area contributed by atoms with Crippen LogP contribution >= 0.6 is 36.7 Å². The Bertz CT molecular complexity index is 871. The SMILES string of the molecule is BrCCCCCCCCCCC=CCP(Br)(c1ccccc1)(c1ccccc1)c1ccccc1. The third kappa shape index (κ3) is 6.93. The number of rotatable bonds is 15. The van der Waals surface area contributed by atoms with E-state index < -0.39 is 5.31 Å². The molecular weight excluding hydrogens is 563 g/mol. The van der Waals surface area contributed by atoms with Crippen molar-refractivity contribution in [1.82, 2.24) is 0 Å². The molecule has 0 spiro atoms. The van der Waals surface area contributed by atoms with Gasteiger partial charge in [-0.3, -0.25) is 0 Å². The fraction of sp³-hybridized carbons (Fsp3) is 0.355. The van der Waals surface area contributed by atoms with Gasteiger partial charge in [0.2, 0.25) is 0 Å². The van der Waals surface area contributed by atoms with E-state index in [1.807, 2.05) is 0 Å². The Labute approximate surface area is 224 Å². The quantitative estimate of drug-likeness (QED) is 0.0704. The second-order valence-electron chi connectivity index (χ2n) is 9.15. The van der Waals surface area contributed by atoms with Crippen molar-refractivity contribution < 1.29 is 0 Å². The van der Waals surface area contributed by atoms with Gasteiger partial charge in [0.15, 0.2) is 0 Å². The number of unbranched alkanes of at least 4 members (excludes halogenated alkanes) is 8. The van der Waals surface area contributed by atoms with Gasteiger partial charge in [-0.15, -0.1) is 0 Å². The molecule has 0 aromatic heterocycles. The van der Waals surface area contributed by atoms with Crippen LogP contribution in [0.4, 0.5) is 0 Å². The van der Waals surface area contributed by atoms with Gasteiger partial charge in [0.05, 0.1) is 0 Å². The van der Waals surface area contributed by atoms with E-state index in [0.717, 1.165) is 11.5 Å². The Balaban J connectivity index is 1.72. The third-order valence-corrected chi connectivity index (χ3v) is 16.9. The van der Waals surface area contributed by atoms with E-state index in [1.54, 1.807) is 0 Å². The van der Waals surface area contributed by atoms with Gasteiger partial charge in [0.25, 0.3) is 0 Å². The minimum atomic E-state index is -2.81. The molecule has 0 aliphatic carbocycles. The van der Waals surface area contributed by atoms with E-state index in [-0.39, 0.29) is 0 Å². The summed E-state index contributed by atoms with van der Waals surface area (Å²) in [5.41, 5.74) is 0. The van der Waals surface area contributed by atoms with Crippen molar-refractivity contribution in [1.29, 1.82) is 0 Å². The average molecular weight is 602 g/mol. The number of allylic oxidation sites excluding steroid dienone is 2. The Hall–Kier alpha value is -1.21. The fourth-order valence-electron chi connectivity index (χ4n) is 4.79. The van der Waals surface area contributed by atoms with Crippen molar-refractivity contribution in [2.75, 3.05) is 11.5 Å². The van der Waals surface area contributed by atoms with Gasteiger partial charge in [0, 0.05) is 5.33 Å². The van der Waals surface area contributed by atoms with E-state index in [1.165, 1.54) is 73.7 Å². The molecule has 0 radical (unpaired) electrons. The molecule has 0 nitrogen and oxygen atoms in total. The first kappa shape index (κ1) is 27.4. The van der Waals surface area contributed by atoms with E-state index in [2.05, 4.69) is 135 Å². The van der Waals surface area contributed by atoms with Crippen molar-refractivity contribution in [3.05, 3.63) is 103 Å². The summed E-state index contributed by atoms with van der Waals surface area (Å²) in [4.78, 5) is 0. The zero-order valence-electron chi connectivity index (χ0n) is 20.3. The maximum atomic E-state index is 4.52. The molecule has 182 valence electrons. The number of halogens is 2. The maximum absolute atomic E-state index is 4.52. The second-order valence-corrected chi connectivity index (χ2v) is 18.9. The molecule has 3 aromatic rings. The molecule has 3 heteroatoms. The van der Waals surface area contributed by atoms with Crippen molar-refractivity contribution >= 4 is 52.6 Å². The van der Waals surface area contributed by atoms with E-state index in [9.17, 15) is 0 Å². The third-order valence-electron chi connectivity index (χ3n) is 6.75. The molecule has 0 amide bonds. The predicted octanol–water partition coefficient (Wildman–Crippen LogP) is 9.29. The summed E-state index contributed by atoms with van der Waals surface area (Å²) >= 11 is 8.04. The number of hydrogen-bond donors (Lipinski definition) is 0. The molecular formula is C31H39Br2P. The topological polar surface area (TPSA) is 0 Å². The van der Waals surface area contributed by atoms with E-state index in [4.69, 9.17) is 0 Å². The van der Waals surface area contributed by atoms with Crippen LogP contribution < -0.4 is 15.9 Å². The summed E-state index contributed by atoms with van der Waals surface area (Å²) in [6, 6.07) is 33.2. The van der Waals surface area contributed by atoms with Crippen molar-refractivity contribution in [3.63, 3.8) is 0 Å². The predicted molar refractivity (Wildman–Crippen MR) is 163 cm³/mol. The van der Waals surface area contributed by atoms with E-state index in [0.29, 0.717) is 0 Å². The molecule has 0 unspecified atom stereocenters. The number of hydrogen-bond acceptors (Lipinski definition) is 0. The van der Waals surface area contributed by atoms with Gasteiger partial charge in [-0.25, -0.2) is 0 Å². The van der Waals surface area contributed by atoms with Crippen LogP contribution in [0.3, 0.4) is 0 Å². The first-order valence-electron chi connectivity index (χ1n) is 12.8. The Morgan fingerprint density at radius 2 is 0.882 bits per heavy atom. The van der Waals surface area contributed by atoms with Crippen molar-refractivity contribution in [3.8, 4) is 0 Å². The number of benzene rings is 3. The van der Waals surface area contributed by atoms with Gasteiger partial charge >= 0.3 is 204 Å². The Kier molecular flexibility index (Phi) is 11.6. The van der Waals surface area contributed by atoms with Crippen LogP contribution in [-0.2, 0) is 0 Å². The summed E-state index contributed by atoms with van der Waals surface area (Å²) in [7, 11) is 0. The molecule has 0 bridgehead atoms. The first-order valence-corrected chi connectivity index (χ1v) is 18.4. The van der Waals surface area contributed by atoms with E-state index >= 15 is 0 Å². The van der Waals surface area contributed by atoms with Crippen molar-refractivity contribution in [2.24, 2.45) is 0 Å². The number of alkyl halides is 1. The zero-order chi connectivity index (χ0) is 24.0. The van der Waals surface area contributed by atoms with Gasteiger partial charge in [-0.2, -0.15) is 0 Å². The average Bonchev–Trinajstić information content (AvgIpc) is 2.91. The van der Waals surface area contributed by atoms with Crippen LogP contribution in [-0.4, -0.2) is 11.5 Å². The Morgan fingerprint density at radius 1 is 0.500 bits per heavy atom. The summed E-state index contributed by atoms with van der Waals surface area (Å²) < 4.78 is 0. The molecule has 0 atom stereocenters. The standard InChI is InChI=1S/C31H39Br2P/c32-27-19-8-6-4-2-1-3-5-7-9-20-28-34(33,29-21-13-10-14-22-29,30-23-15-11-16-24-30)31-25-17-12-18-26-31/h9-18,20-26H,1-8,19,27-28H2. The molecule has 0 saturated heterocycles. The first-order chi connectivity index (χ1) is 16.7. The van der Waals surface area contributed by atoms with Crippen molar-refractivity contribution in [2.45, 2.75) is 57.8 Å². The zero-order valence-corrected chi connectivity index (χ0v) is 24.4. The fourth-order valence-corrected chi connectivity index (χ4v) is 12.3. The van der Waals surface area contributed by atoms with Gasteiger partial charge in [-0.1, -0.05) is 15.9 Å². The normalized spacial score (nSPS) is 13.1. The van der Waals surface area contributed by atoms with Crippen LogP contribution in [0.2, 0.25) is 0 Å². The second kappa shape index (κ2) is 14.4. The molecule has 0 fully saturated rings. The summed E-state index contributed by atoms with van der Waals surface area (Å²) in [6.45, 7) is 0. The minimum absolute atomic E-state index is 0.983. The van der Waals surface area contributed by atoms with Crippen LogP contribution in [0, 0.1) is 0 Å². The molecule has 0 aliphatic heterocycles. The van der Waals surface area contributed by atoms with Gasteiger partial charge < -0.3 is 0 Å². The Morgan fingerprint density at radius 3 is 1.29 bits per heavy atom. The molecule has 0 heterocycles.